The van der Waals surface area contributed by atoms with Crippen LogP contribution in [0, 0.1) is 0 Å². The van der Waals surface area contributed by atoms with Gasteiger partial charge in [-0.05, 0) is 0 Å². The second kappa shape index (κ2) is 11.1. The van der Waals surface area contributed by atoms with E-state index in [2.05, 4.69) is 0 Å². The van der Waals surface area contributed by atoms with E-state index in [-0.39, 0.29) is 134 Å². The molecule has 0 saturated heterocycles. The maximum Gasteiger partial charge on any atom is 1.00 e. The molecule has 8 heavy (non-hydrogen) atoms. The minimum atomic E-state index is -5.17. The van der Waals surface area contributed by atoms with E-state index in [9.17, 15) is 0 Å². The molecule has 0 aliphatic rings. The van der Waals surface area contributed by atoms with Gasteiger partial charge in [-0.25, -0.2) is 0 Å². The third kappa shape index (κ3) is 49.4. The molecule has 0 rings (SSSR count). The predicted octanol–water partition coefficient (Wildman–Crippen LogP) is -10.2. The zero-order valence-electron chi connectivity index (χ0n) is 6.04. The van der Waals surface area contributed by atoms with E-state index >= 15 is 0 Å². The van der Waals surface area contributed by atoms with E-state index < -0.39 is 10.4 Å². The largest absolute Gasteiger partial charge is 1.00 e. The normalized spacial score (nSPS) is 7.25. The Morgan fingerprint density at radius 2 is 1.12 bits per heavy atom. The zero-order chi connectivity index (χ0) is 4.50. The van der Waals surface area contributed by atoms with Gasteiger partial charge in [-0.2, -0.15) is 0 Å². The average molecular weight is 198 g/mol. The Kier molecular flexibility index (Phi) is 31.7. The first-order chi connectivity index (χ1) is 2.00. The molecule has 0 N–H and O–H groups in total. The Balaban J connectivity index is -0.0000000133. The average Bonchev–Trinajstić information content (AvgIpc) is 0.722. The maximum atomic E-state index is 8.52. The molecule has 0 aromatic carbocycles. The summed E-state index contributed by atoms with van der Waals surface area (Å²) in [5.74, 6) is 0. The topological polar surface area (TPSA) is 80.3 Å². The molecule has 0 radical (unpaired) electrons. The first-order valence-corrected chi connectivity index (χ1v) is 2.00. The Hall–Kier alpha value is 4.14. The summed E-state index contributed by atoms with van der Waals surface area (Å²) in [7, 11) is -5.17. The van der Waals surface area contributed by atoms with Crippen LogP contribution in [-0.2, 0) is 10.4 Å². The van der Waals surface area contributed by atoms with Gasteiger partial charge in [0.25, 0.3) is 0 Å². The zero-order valence-corrected chi connectivity index (χ0v) is 14.1. The van der Waals surface area contributed by atoms with E-state index in [1.165, 1.54) is 0 Å². The number of hydrogen-bond donors (Lipinski definition) is 0. The Bertz CT molecular complexity index is 102. The van der Waals surface area contributed by atoms with Crippen molar-refractivity contribution in [3.8, 4) is 0 Å². The first-order valence-electron chi connectivity index (χ1n) is 0.667. The number of rotatable bonds is 0. The van der Waals surface area contributed by atoms with Gasteiger partial charge in [-0.3, -0.25) is 8.42 Å². The Labute approximate surface area is 157 Å². The van der Waals surface area contributed by atoms with Gasteiger partial charge in [0.1, 0.15) is 0 Å². The van der Waals surface area contributed by atoms with Gasteiger partial charge in [0.2, 0.25) is 0 Å². The summed E-state index contributed by atoms with van der Waals surface area (Å²) >= 11 is 0. The summed E-state index contributed by atoms with van der Waals surface area (Å²) in [5, 5.41) is 0. The van der Waals surface area contributed by atoms with Crippen molar-refractivity contribution in [1.29, 1.82) is 0 Å². The van der Waals surface area contributed by atoms with Crippen LogP contribution in [0.25, 0.3) is 0 Å². The smallest absolute Gasteiger partial charge is 1.00 e. The van der Waals surface area contributed by atoms with Gasteiger partial charge in [-0.15, -0.1) is 0 Å². The summed E-state index contributed by atoms with van der Waals surface area (Å²) in [6.07, 6.45) is 0. The molecule has 0 heterocycles. The molecular weight excluding hydrogens is 197 g/mol. The molecule has 0 amide bonds. The molecule has 0 saturated carbocycles. The fourth-order valence-corrected chi connectivity index (χ4v) is 0. The van der Waals surface area contributed by atoms with Gasteiger partial charge < -0.3 is 10.5 Å². The summed E-state index contributed by atoms with van der Waals surface area (Å²) in [4.78, 5) is 0. The molecule has 0 bridgehead atoms. The minimum Gasteiger partial charge on any atom is -1.00 e. The molecule has 0 aliphatic carbocycles. The quantitative estimate of drug-likeness (QED) is 0.220. The Morgan fingerprint density at radius 3 is 1.12 bits per heavy atom. The minimum absolute atomic E-state index is 0. The van der Waals surface area contributed by atoms with Crippen molar-refractivity contribution in [2.45, 2.75) is 0 Å². The summed E-state index contributed by atoms with van der Waals surface area (Å²) in [6.45, 7) is 0. The van der Waals surface area contributed by atoms with Crippen molar-refractivity contribution in [3.05, 3.63) is 0 Å². The molecule has 34 valence electrons. The summed E-state index contributed by atoms with van der Waals surface area (Å²) in [5.41, 5.74) is 0. The van der Waals surface area contributed by atoms with Crippen LogP contribution in [-0.4, -0.2) is 17.5 Å². The van der Waals surface area contributed by atoms with E-state index in [4.69, 9.17) is 17.5 Å². The second-order valence-electron chi connectivity index (χ2n) is 0.408. The second-order valence-corrected chi connectivity index (χ2v) is 1.22. The number of hydrogen-bond acceptors (Lipinski definition) is 4. The predicted molar refractivity (Wildman–Crippen MR) is 11.6 cm³/mol. The molecule has 0 fully saturated rings. The molecule has 0 spiro atoms. The standard InChI is InChI=1S/2K.Na.H2O4S.H/c;;;1-5(2,3)4;/h;;;(H2,1,2,3,4);/q3*+1;;-1/p-2. The van der Waals surface area contributed by atoms with Crippen molar-refractivity contribution < 1.29 is 151 Å². The fraction of sp³-hybridized carbons (Fsp3) is 0. The molecule has 0 aliphatic heterocycles. The van der Waals surface area contributed by atoms with Crippen molar-refractivity contribution in [1.82, 2.24) is 0 Å². The van der Waals surface area contributed by atoms with Crippen LogP contribution >= 0.6 is 0 Å². The molecule has 0 aromatic heterocycles. The van der Waals surface area contributed by atoms with Crippen LogP contribution in [0.2, 0.25) is 0 Å². The van der Waals surface area contributed by atoms with Gasteiger partial charge in [0, 0.05) is 10.4 Å². The van der Waals surface area contributed by atoms with Crippen molar-refractivity contribution in [2.75, 3.05) is 0 Å². The van der Waals surface area contributed by atoms with E-state index in [1.54, 1.807) is 0 Å². The molecule has 0 aromatic rings. The summed E-state index contributed by atoms with van der Waals surface area (Å²) < 4.78 is 34.1. The van der Waals surface area contributed by atoms with E-state index in [0.717, 1.165) is 0 Å². The van der Waals surface area contributed by atoms with Crippen LogP contribution in [0.1, 0.15) is 1.43 Å². The van der Waals surface area contributed by atoms with Gasteiger partial charge >= 0.3 is 132 Å². The molecule has 0 atom stereocenters. The third-order valence-electron chi connectivity index (χ3n) is 0. The molecule has 8 heteroatoms. The fourth-order valence-electron chi connectivity index (χ4n) is 0. The molecular formula is HK2NaO4S. The molecule has 0 unspecified atom stereocenters. The van der Waals surface area contributed by atoms with Crippen molar-refractivity contribution >= 4 is 10.4 Å². The van der Waals surface area contributed by atoms with Crippen LogP contribution in [0.5, 0.6) is 0 Å². The SMILES string of the molecule is O=S(=O)([O-])[O-].[H-].[K+].[K+].[Na+]. The van der Waals surface area contributed by atoms with Gasteiger partial charge in [0.05, 0.1) is 0 Å². The van der Waals surface area contributed by atoms with Gasteiger partial charge in [-0.1, -0.05) is 0 Å². The van der Waals surface area contributed by atoms with E-state index in [0.29, 0.717) is 0 Å². The van der Waals surface area contributed by atoms with Crippen molar-refractivity contribution in [2.24, 2.45) is 0 Å². The van der Waals surface area contributed by atoms with E-state index in [1.807, 2.05) is 0 Å². The first kappa shape index (κ1) is 22.7. The molecule has 4 nitrogen and oxygen atoms in total. The Morgan fingerprint density at radius 1 is 1.12 bits per heavy atom. The maximum absolute atomic E-state index is 8.52. The van der Waals surface area contributed by atoms with Crippen LogP contribution in [0.15, 0.2) is 0 Å². The monoisotopic (exact) mass is 198 g/mol. The summed E-state index contributed by atoms with van der Waals surface area (Å²) in [6, 6.07) is 0. The van der Waals surface area contributed by atoms with Crippen molar-refractivity contribution in [3.63, 3.8) is 0 Å². The van der Waals surface area contributed by atoms with Gasteiger partial charge in [0.15, 0.2) is 0 Å². The van der Waals surface area contributed by atoms with Crippen LogP contribution in [0.3, 0.4) is 0 Å². The third-order valence-corrected chi connectivity index (χ3v) is 0. The van der Waals surface area contributed by atoms with Crippen LogP contribution in [0.4, 0.5) is 0 Å². The van der Waals surface area contributed by atoms with Crippen LogP contribution < -0.4 is 132 Å².